The summed E-state index contributed by atoms with van der Waals surface area (Å²) in [6.07, 6.45) is 4.00. The van der Waals surface area contributed by atoms with Crippen molar-refractivity contribution in [2.75, 3.05) is 0 Å². The van der Waals surface area contributed by atoms with Gasteiger partial charge in [-0.3, -0.25) is 0 Å². The van der Waals surface area contributed by atoms with Crippen LogP contribution in [0, 0.1) is 0 Å². The largest absolute Gasteiger partial charge is 0.444 e. The standard InChI is InChI=1S/C17H28N2O2S/c1-12(15-9-6-10-22-15)18-13-7-5-8-14(11-13)19-16(20)21-17(2,3)4/h6,9-10,12-14,18H,5,7-8,11H2,1-4H3,(H,19,20)/t12-,13?,14?/m0/s1. The van der Waals surface area contributed by atoms with Gasteiger partial charge < -0.3 is 15.4 Å². The second-order valence-electron chi connectivity index (χ2n) is 7.11. The summed E-state index contributed by atoms with van der Waals surface area (Å²) in [7, 11) is 0. The first-order chi connectivity index (χ1) is 10.3. The number of carbonyl (C=O) groups excluding carboxylic acids is 1. The van der Waals surface area contributed by atoms with Gasteiger partial charge in [0.1, 0.15) is 5.60 Å². The zero-order valence-corrected chi connectivity index (χ0v) is 14.8. The Balaban J connectivity index is 1.80. The van der Waals surface area contributed by atoms with Crippen LogP contribution in [0.15, 0.2) is 17.5 Å². The summed E-state index contributed by atoms with van der Waals surface area (Å²) >= 11 is 1.79. The van der Waals surface area contributed by atoms with Crippen LogP contribution in [0.25, 0.3) is 0 Å². The Hall–Kier alpha value is -1.07. The van der Waals surface area contributed by atoms with Crippen molar-refractivity contribution >= 4 is 17.4 Å². The Morgan fingerprint density at radius 3 is 2.73 bits per heavy atom. The number of alkyl carbamates (subject to hydrolysis) is 1. The van der Waals surface area contributed by atoms with Gasteiger partial charge in [-0.1, -0.05) is 6.07 Å². The van der Waals surface area contributed by atoms with E-state index in [0.29, 0.717) is 12.1 Å². The predicted octanol–water partition coefficient (Wildman–Crippen LogP) is 4.23. The minimum absolute atomic E-state index is 0.205. The zero-order valence-electron chi connectivity index (χ0n) is 14.0. The van der Waals surface area contributed by atoms with Gasteiger partial charge >= 0.3 is 6.09 Å². The van der Waals surface area contributed by atoms with Crippen molar-refractivity contribution < 1.29 is 9.53 Å². The van der Waals surface area contributed by atoms with E-state index in [9.17, 15) is 4.79 Å². The first kappa shape index (κ1) is 17.3. The Kier molecular flexibility index (Phi) is 5.87. The van der Waals surface area contributed by atoms with E-state index in [1.165, 1.54) is 11.3 Å². The Bertz CT molecular complexity index is 468. The summed E-state index contributed by atoms with van der Waals surface area (Å²) in [4.78, 5) is 13.3. The molecule has 0 aromatic carbocycles. The quantitative estimate of drug-likeness (QED) is 0.871. The molecule has 124 valence electrons. The third kappa shape index (κ3) is 5.61. The van der Waals surface area contributed by atoms with Crippen LogP contribution in [0.5, 0.6) is 0 Å². The second kappa shape index (κ2) is 7.47. The molecular formula is C17H28N2O2S. The summed E-state index contributed by atoms with van der Waals surface area (Å²) in [6, 6.07) is 5.28. The fourth-order valence-corrected chi connectivity index (χ4v) is 3.66. The van der Waals surface area contributed by atoms with Crippen molar-refractivity contribution in [2.45, 2.75) is 77.1 Å². The summed E-state index contributed by atoms with van der Waals surface area (Å²) in [5.41, 5.74) is -0.440. The van der Waals surface area contributed by atoms with Gasteiger partial charge in [0.2, 0.25) is 0 Å². The molecule has 22 heavy (non-hydrogen) atoms. The van der Waals surface area contributed by atoms with Gasteiger partial charge in [0, 0.05) is 23.0 Å². The van der Waals surface area contributed by atoms with Crippen LogP contribution < -0.4 is 10.6 Å². The molecule has 0 aliphatic heterocycles. The van der Waals surface area contributed by atoms with E-state index >= 15 is 0 Å². The lowest BCUT2D eigenvalue weighted by Crippen LogP contribution is -2.46. The number of hydrogen-bond acceptors (Lipinski definition) is 4. The van der Waals surface area contributed by atoms with Crippen molar-refractivity contribution in [2.24, 2.45) is 0 Å². The SMILES string of the molecule is C[C@H](NC1CCCC(NC(=O)OC(C)(C)C)C1)c1cccs1. The van der Waals surface area contributed by atoms with E-state index < -0.39 is 5.60 Å². The van der Waals surface area contributed by atoms with Crippen molar-refractivity contribution in [1.82, 2.24) is 10.6 Å². The van der Waals surface area contributed by atoms with Gasteiger partial charge in [-0.15, -0.1) is 11.3 Å². The second-order valence-corrected chi connectivity index (χ2v) is 8.09. The lowest BCUT2D eigenvalue weighted by atomic mass is 9.90. The fourth-order valence-electron chi connectivity index (χ4n) is 2.92. The summed E-state index contributed by atoms with van der Waals surface area (Å²) < 4.78 is 5.35. The molecule has 1 aliphatic carbocycles. The molecule has 1 saturated carbocycles. The normalized spacial score (nSPS) is 23.8. The maximum Gasteiger partial charge on any atom is 0.407 e. The molecule has 3 atom stereocenters. The molecule has 2 unspecified atom stereocenters. The fraction of sp³-hybridized carbons (Fsp3) is 0.706. The van der Waals surface area contributed by atoms with Gasteiger partial charge in [-0.05, 0) is 64.8 Å². The molecule has 4 nitrogen and oxygen atoms in total. The van der Waals surface area contributed by atoms with Gasteiger partial charge in [0.05, 0.1) is 0 Å². The Labute approximate surface area is 137 Å². The van der Waals surface area contributed by atoms with Crippen LogP contribution in [0.4, 0.5) is 4.79 Å². The van der Waals surface area contributed by atoms with Gasteiger partial charge in [-0.2, -0.15) is 0 Å². The predicted molar refractivity (Wildman–Crippen MR) is 91.3 cm³/mol. The summed E-state index contributed by atoms with van der Waals surface area (Å²) in [5.74, 6) is 0. The van der Waals surface area contributed by atoms with E-state index in [4.69, 9.17) is 4.74 Å². The minimum Gasteiger partial charge on any atom is -0.444 e. The highest BCUT2D eigenvalue weighted by Crippen LogP contribution is 2.24. The van der Waals surface area contributed by atoms with Crippen molar-refractivity contribution in [3.8, 4) is 0 Å². The van der Waals surface area contributed by atoms with Crippen LogP contribution in [-0.4, -0.2) is 23.8 Å². The first-order valence-corrected chi connectivity index (χ1v) is 9.00. The molecular weight excluding hydrogens is 296 g/mol. The van der Waals surface area contributed by atoms with E-state index in [2.05, 4.69) is 35.1 Å². The monoisotopic (exact) mass is 324 g/mol. The van der Waals surface area contributed by atoms with Crippen molar-refractivity contribution in [1.29, 1.82) is 0 Å². The summed E-state index contributed by atoms with van der Waals surface area (Å²) in [5, 5.41) is 8.82. The van der Waals surface area contributed by atoms with E-state index in [1.807, 2.05) is 20.8 Å². The average Bonchev–Trinajstić information content (AvgIpc) is 2.90. The number of carbonyl (C=O) groups is 1. The van der Waals surface area contributed by atoms with Gasteiger partial charge in [0.15, 0.2) is 0 Å². The molecule has 1 aromatic heterocycles. The Morgan fingerprint density at radius 1 is 1.36 bits per heavy atom. The molecule has 0 bridgehead atoms. The molecule has 1 aromatic rings. The molecule has 1 fully saturated rings. The number of nitrogens with one attached hydrogen (secondary N) is 2. The highest BCUT2D eigenvalue weighted by atomic mass is 32.1. The number of amides is 1. The van der Waals surface area contributed by atoms with Crippen molar-refractivity contribution in [3.63, 3.8) is 0 Å². The average molecular weight is 324 g/mol. The topological polar surface area (TPSA) is 50.4 Å². The van der Waals surface area contributed by atoms with Crippen LogP contribution in [0.3, 0.4) is 0 Å². The minimum atomic E-state index is -0.440. The highest BCUT2D eigenvalue weighted by molar-refractivity contribution is 7.10. The van der Waals surface area contributed by atoms with Crippen LogP contribution in [0.1, 0.15) is 64.3 Å². The number of rotatable bonds is 4. The van der Waals surface area contributed by atoms with Crippen LogP contribution in [0.2, 0.25) is 0 Å². The van der Waals surface area contributed by atoms with E-state index in [1.54, 1.807) is 11.3 Å². The molecule has 2 N–H and O–H groups in total. The molecule has 5 heteroatoms. The molecule has 1 amide bonds. The lowest BCUT2D eigenvalue weighted by Gasteiger charge is -2.32. The number of thiophene rings is 1. The van der Waals surface area contributed by atoms with E-state index in [0.717, 1.165) is 19.3 Å². The third-order valence-corrected chi connectivity index (χ3v) is 4.91. The number of ether oxygens (including phenoxy) is 1. The molecule has 0 spiro atoms. The highest BCUT2D eigenvalue weighted by Gasteiger charge is 2.26. The van der Waals surface area contributed by atoms with Gasteiger partial charge in [-0.25, -0.2) is 4.79 Å². The molecule has 0 saturated heterocycles. The van der Waals surface area contributed by atoms with Crippen LogP contribution >= 0.6 is 11.3 Å². The molecule has 0 radical (unpaired) electrons. The van der Waals surface area contributed by atoms with Crippen molar-refractivity contribution in [3.05, 3.63) is 22.4 Å². The smallest absolute Gasteiger partial charge is 0.407 e. The van der Waals surface area contributed by atoms with Gasteiger partial charge in [0.25, 0.3) is 0 Å². The number of hydrogen-bond donors (Lipinski definition) is 2. The summed E-state index contributed by atoms with van der Waals surface area (Å²) in [6.45, 7) is 7.87. The lowest BCUT2D eigenvalue weighted by molar-refractivity contribution is 0.0488. The zero-order chi connectivity index (χ0) is 16.2. The Morgan fingerprint density at radius 2 is 2.09 bits per heavy atom. The first-order valence-electron chi connectivity index (χ1n) is 8.12. The van der Waals surface area contributed by atoms with Crippen LogP contribution in [-0.2, 0) is 4.74 Å². The third-order valence-electron chi connectivity index (χ3n) is 3.85. The maximum absolute atomic E-state index is 11.9. The molecule has 1 heterocycles. The molecule has 1 aliphatic rings. The molecule has 2 rings (SSSR count). The maximum atomic E-state index is 11.9. The van der Waals surface area contributed by atoms with E-state index in [-0.39, 0.29) is 12.1 Å².